The number of rotatable bonds is 6. The fourth-order valence-electron chi connectivity index (χ4n) is 2.97. The Morgan fingerprint density at radius 2 is 2.05 bits per heavy atom. The Labute approximate surface area is 132 Å². The van der Waals surface area contributed by atoms with Crippen molar-refractivity contribution in [2.24, 2.45) is 0 Å². The van der Waals surface area contributed by atoms with Crippen molar-refractivity contribution in [3.63, 3.8) is 0 Å². The predicted octanol–water partition coefficient (Wildman–Crippen LogP) is 2.61. The molecule has 4 nitrogen and oxygen atoms in total. The first kappa shape index (κ1) is 16.5. The van der Waals surface area contributed by atoms with Crippen molar-refractivity contribution in [3.05, 3.63) is 21.9 Å². The van der Waals surface area contributed by atoms with Crippen LogP contribution in [0.4, 0.5) is 0 Å². The minimum absolute atomic E-state index is 0.0248. The molecule has 3 atom stereocenters. The van der Waals surface area contributed by atoms with Crippen molar-refractivity contribution in [2.45, 2.75) is 52.9 Å². The third-order valence-electron chi connectivity index (χ3n) is 4.23. The lowest BCUT2D eigenvalue weighted by molar-refractivity contribution is -0.132. The molecule has 1 aliphatic heterocycles. The number of hydrogen-bond donors (Lipinski definition) is 1. The molecule has 1 saturated heterocycles. The van der Waals surface area contributed by atoms with Crippen molar-refractivity contribution in [1.29, 1.82) is 0 Å². The molecule has 0 radical (unpaired) electrons. The number of aryl methyl sites for hydroxylation is 1. The van der Waals surface area contributed by atoms with Crippen LogP contribution in [0.15, 0.2) is 12.1 Å². The van der Waals surface area contributed by atoms with Gasteiger partial charge in [0.2, 0.25) is 5.91 Å². The summed E-state index contributed by atoms with van der Waals surface area (Å²) in [6.07, 6.45) is 0.0248. The number of hydrogen-bond acceptors (Lipinski definition) is 4. The van der Waals surface area contributed by atoms with E-state index in [1.807, 2.05) is 11.8 Å². The highest BCUT2D eigenvalue weighted by Gasteiger charge is 2.40. The van der Waals surface area contributed by atoms with E-state index in [0.717, 1.165) is 19.6 Å². The number of thiophene rings is 1. The highest BCUT2D eigenvalue weighted by atomic mass is 32.1. The van der Waals surface area contributed by atoms with E-state index in [9.17, 15) is 4.79 Å². The van der Waals surface area contributed by atoms with Crippen molar-refractivity contribution < 1.29 is 4.79 Å². The molecule has 0 aromatic carbocycles. The first-order valence-electron chi connectivity index (χ1n) is 7.84. The quantitative estimate of drug-likeness (QED) is 0.877. The SMILES string of the molecule is CCN(CC)CC(C)N1C(=O)C(C)NC1c1ccc(C)s1. The van der Waals surface area contributed by atoms with Gasteiger partial charge < -0.3 is 9.80 Å². The number of carbonyl (C=O) groups is 1. The summed E-state index contributed by atoms with van der Waals surface area (Å²) in [6.45, 7) is 13.5. The normalized spacial score (nSPS) is 24.1. The standard InChI is InChI=1S/C16H27N3OS/c1-6-18(7-2)10-11(3)19-15(17-13(5)16(19)20)14-9-8-12(4)21-14/h8-9,11,13,15,17H,6-7,10H2,1-5H3. The summed E-state index contributed by atoms with van der Waals surface area (Å²) in [5.74, 6) is 0.214. The second kappa shape index (κ2) is 6.90. The molecule has 2 rings (SSSR count). The maximum absolute atomic E-state index is 12.5. The van der Waals surface area contributed by atoms with Crippen LogP contribution in [0, 0.1) is 6.92 Å². The number of nitrogens with zero attached hydrogens (tertiary/aromatic N) is 2. The molecule has 0 spiro atoms. The van der Waals surface area contributed by atoms with Gasteiger partial charge >= 0.3 is 0 Å². The van der Waals surface area contributed by atoms with E-state index in [4.69, 9.17) is 0 Å². The lowest BCUT2D eigenvalue weighted by Gasteiger charge is -2.33. The molecule has 0 bridgehead atoms. The van der Waals surface area contributed by atoms with Crippen molar-refractivity contribution in [1.82, 2.24) is 15.1 Å². The van der Waals surface area contributed by atoms with E-state index in [1.165, 1.54) is 9.75 Å². The van der Waals surface area contributed by atoms with Gasteiger partial charge in [0.05, 0.1) is 6.04 Å². The van der Waals surface area contributed by atoms with Gasteiger partial charge in [-0.25, -0.2) is 0 Å². The lowest BCUT2D eigenvalue weighted by atomic mass is 10.2. The van der Waals surface area contributed by atoms with E-state index in [-0.39, 0.29) is 24.2 Å². The van der Waals surface area contributed by atoms with Crippen LogP contribution in [0.5, 0.6) is 0 Å². The third kappa shape index (κ3) is 3.47. The molecule has 1 N–H and O–H groups in total. The van der Waals surface area contributed by atoms with Crippen LogP contribution in [0.25, 0.3) is 0 Å². The zero-order valence-electron chi connectivity index (χ0n) is 13.7. The van der Waals surface area contributed by atoms with Crippen LogP contribution in [0.3, 0.4) is 0 Å². The van der Waals surface area contributed by atoms with Crippen LogP contribution in [0.2, 0.25) is 0 Å². The molecular weight excluding hydrogens is 282 g/mol. The molecule has 1 amide bonds. The predicted molar refractivity (Wildman–Crippen MR) is 88.5 cm³/mol. The van der Waals surface area contributed by atoms with Crippen molar-refractivity contribution >= 4 is 17.2 Å². The molecule has 1 fully saturated rings. The third-order valence-corrected chi connectivity index (χ3v) is 5.29. The molecule has 0 aliphatic carbocycles. The van der Waals surface area contributed by atoms with Crippen LogP contribution in [-0.4, -0.2) is 47.4 Å². The highest BCUT2D eigenvalue weighted by molar-refractivity contribution is 7.12. The summed E-state index contributed by atoms with van der Waals surface area (Å²) in [6, 6.07) is 4.38. The van der Waals surface area contributed by atoms with Gasteiger partial charge in [-0.2, -0.15) is 0 Å². The van der Waals surface area contributed by atoms with Crippen LogP contribution < -0.4 is 5.32 Å². The van der Waals surface area contributed by atoms with Gasteiger partial charge in [0.1, 0.15) is 6.17 Å². The zero-order chi connectivity index (χ0) is 15.6. The monoisotopic (exact) mass is 309 g/mol. The smallest absolute Gasteiger partial charge is 0.241 e. The molecule has 1 aromatic heterocycles. The first-order chi connectivity index (χ1) is 9.97. The number of nitrogens with one attached hydrogen (secondary N) is 1. The average Bonchev–Trinajstić information content (AvgIpc) is 3.01. The summed E-state index contributed by atoms with van der Waals surface area (Å²) in [5.41, 5.74) is 0. The highest BCUT2D eigenvalue weighted by Crippen LogP contribution is 2.32. The average molecular weight is 309 g/mol. The van der Waals surface area contributed by atoms with Gasteiger partial charge in [0, 0.05) is 22.3 Å². The van der Waals surface area contributed by atoms with E-state index < -0.39 is 0 Å². The Morgan fingerprint density at radius 3 is 2.57 bits per heavy atom. The number of carbonyl (C=O) groups excluding carboxylic acids is 1. The van der Waals surface area contributed by atoms with E-state index in [0.29, 0.717) is 0 Å². The molecular formula is C16H27N3OS. The zero-order valence-corrected chi connectivity index (χ0v) is 14.5. The van der Waals surface area contributed by atoms with Gasteiger partial charge in [0.25, 0.3) is 0 Å². The van der Waals surface area contributed by atoms with Gasteiger partial charge in [-0.05, 0) is 46.0 Å². The summed E-state index contributed by atoms with van der Waals surface area (Å²) < 4.78 is 0. The van der Waals surface area contributed by atoms with Gasteiger partial charge in [0.15, 0.2) is 0 Å². The van der Waals surface area contributed by atoms with Gasteiger partial charge in [-0.15, -0.1) is 11.3 Å². The fourth-order valence-corrected chi connectivity index (χ4v) is 3.91. The van der Waals surface area contributed by atoms with Crippen LogP contribution in [-0.2, 0) is 4.79 Å². The fraction of sp³-hybridized carbons (Fsp3) is 0.688. The Kier molecular flexibility index (Phi) is 5.41. The van der Waals surface area contributed by atoms with E-state index >= 15 is 0 Å². The second-order valence-electron chi connectivity index (χ2n) is 5.82. The first-order valence-corrected chi connectivity index (χ1v) is 8.66. The molecule has 5 heteroatoms. The molecule has 21 heavy (non-hydrogen) atoms. The number of likely N-dealkylation sites (N-methyl/N-ethyl adjacent to an activating group) is 1. The Hall–Kier alpha value is -0.910. The Balaban J connectivity index is 2.18. The molecule has 0 saturated carbocycles. The van der Waals surface area contributed by atoms with Crippen molar-refractivity contribution in [3.8, 4) is 0 Å². The summed E-state index contributed by atoms with van der Waals surface area (Å²) in [5, 5.41) is 3.44. The summed E-state index contributed by atoms with van der Waals surface area (Å²) in [7, 11) is 0. The van der Waals surface area contributed by atoms with E-state index in [2.05, 4.69) is 50.0 Å². The lowest BCUT2D eigenvalue weighted by Crippen LogP contribution is -2.45. The minimum atomic E-state index is -0.100. The maximum Gasteiger partial charge on any atom is 0.241 e. The largest absolute Gasteiger partial charge is 0.317 e. The second-order valence-corrected chi connectivity index (χ2v) is 7.14. The maximum atomic E-state index is 12.5. The van der Waals surface area contributed by atoms with Gasteiger partial charge in [-0.3, -0.25) is 10.1 Å². The van der Waals surface area contributed by atoms with Crippen LogP contribution >= 0.6 is 11.3 Å². The Bertz CT molecular complexity index is 484. The Morgan fingerprint density at radius 1 is 1.38 bits per heavy atom. The molecule has 1 aromatic rings. The topological polar surface area (TPSA) is 35.6 Å². The molecule has 2 heterocycles. The molecule has 118 valence electrons. The summed E-state index contributed by atoms with van der Waals surface area (Å²) >= 11 is 1.77. The van der Waals surface area contributed by atoms with Gasteiger partial charge in [-0.1, -0.05) is 13.8 Å². The molecule has 3 unspecified atom stereocenters. The van der Waals surface area contributed by atoms with E-state index in [1.54, 1.807) is 11.3 Å². The number of amides is 1. The molecule has 1 aliphatic rings. The summed E-state index contributed by atoms with van der Waals surface area (Å²) in [4.78, 5) is 19.5. The van der Waals surface area contributed by atoms with Crippen molar-refractivity contribution in [2.75, 3.05) is 19.6 Å². The van der Waals surface area contributed by atoms with Crippen LogP contribution in [0.1, 0.15) is 43.6 Å². The minimum Gasteiger partial charge on any atom is -0.317 e.